The first-order chi connectivity index (χ1) is 15.8. The van der Waals surface area contributed by atoms with Gasteiger partial charge in [0.05, 0.1) is 23.8 Å². The molecule has 0 saturated carbocycles. The molecule has 0 atom stereocenters. The van der Waals surface area contributed by atoms with Gasteiger partial charge >= 0.3 is 6.03 Å². The quantitative estimate of drug-likeness (QED) is 0.637. The van der Waals surface area contributed by atoms with Crippen LogP contribution in [0.3, 0.4) is 0 Å². The Balaban J connectivity index is 1.28. The van der Waals surface area contributed by atoms with Gasteiger partial charge in [0.1, 0.15) is 12.1 Å². The molecule has 172 valence electrons. The van der Waals surface area contributed by atoms with E-state index < -0.39 is 10.0 Å². The zero-order chi connectivity index (χ0) is 23.2. The lowest BCUT2D eigenvalue weighted by atomic mass is 9.74. The fourth-order valence-corrected chi connectivity index (χ4v) is 5.81. The number of carbonyl (C=O) groups excluding carboxylic acids is 1. The van der Waals surface area contributed by atoms with Gasteiger partial charge < -0.3 is 9.47 Å². The highest BCUT2D eigenvalue weighted by Crippen LogP contribution is 2.47. The van der Waals surface area contributed by atoms with Crippen LogP contribution in [0, 0.1) is 5.82 Å². The molecule has 2 aliphatic heterocycles. The van der Waals surface area contributed by atoms with E-state index in [0.29, 0.717) is 44.0 Å². The number of urea groups is 1. The number of likely N-dealkylation sites (tertiary alicyclic amines) is 1. The van der Waals surface area contributed by atoms with Gasteiger partial charge in [-0.2, -0.15) is 0 Å². The van der Waals surface area contributed by atoms with E-state index in [1.165, 1.54) is 27.5 Å². The lowest BCUT2D eigenvalue weighted by Gasteiger charge is -2.39. The largest absolute Gasteiger partial charge is 0.324 e. The molecule has 0 unspecified atom stereocenters. The molecule has 1 saturated heterocycles. The predicted molar refractivity (Wildman–Crippen MR) is 124 cm³/mol. The Morgan fingerprint density at radius 3 is 2.42 bits per heavy atom. The minimum Gasteiger partial charge on any atom is -0.324 e. The third-order valence-corrected chi connectivity index (χ3v) is 7.67. The van der Waals surface area contributed by atoms with E-state index in [0.717, 1.165) is 11.3 Å². The third-order valence-electron chi connectivity index (χ3n) is 6.55. The smallest absolute Gasteiger partial charge is 0.323 e. The van der Waals surface area contributed by atoms with E-state index in [1.54, 1.807) is 29.3 Å². The first-order valence-electron chi connectivity index (χ1n) is 10.7. The van der Waals surface area contributed by atoms with E-state index in [-0.39, 0.29) is 17.3 Å². The fraction of sp³-hybridized carbons (Fsp3) is 0.304. The van der Waals surface area contributed by atoms with Crippen LogP contribution in [0.2, 0.25) is 0 Å². The Morgan fingerprint density at radius 1 is 1.06 bits per heavy atom. The van der Waals surface area contributed by atoms with Gasteiger partial charge in [0.2, 0.25) is 10.0 Å². The van der Waals surface area contributed by atoms with Crippen molar-refractivity contribution >= 4 is 27.6 Å². The molecule has 10 heteroatoms. The second-order valence-corrected chi connectivity index (χ2v) is 10.5. The van der Waals surface area contributed by atoms with E-state index in [1.807, 2.05) is 24.3 Å². The molecule has 0 aliphatic carbocycles. The molecule has 3 heterocycles. The number of nitrogens with one attached hydrogen (secondary N) is 1. The molecule has 2 amide bonds. The molecule has 5 rings (SSSR count). The number of hydrogen-bond acceptors (Lipinski definition) is 4. The van der Waals surface area contributed by atoms with Crippen molar-refractivity contribution < 1.29 is 17.6 Å². The molecule has 2 aliphatic rings. The number of rotatable bonds is 3. The number of nitrogens with zero attached hydrogens (tertiary/aromatic N) is 4. The van der Waals surface area contributed by atoms with E-state index in [9.17, 15) is 17.6 Å². The normalized spacial score (nSPS) is 17.3. The summed E-state index contributed by atoms with van der Waals surface area (Å²) in [7, 11) is -3.38. The fourth-order valence-electron chi connectivity index (χ4n) is 4.81. The van der Waals surface area contributed by atoms with Gasteiger partial charge in [-0.1, -0.05) is 30.3 Å². The zero-order valence-electron chi connectivity index (χ0n) is 18.1. The molecular weight excluding hydrogens is 445 g/mol. The number of benzene rings is 2. The summed E-state index contributed by atoms with van der Waals surface area (Å²) in [5.74, 6) is -0.0490. The van der Waals surface area contributed by atoms with E-state index >= 15 is 0 Å². The van der Waals surface area contributed by atoms with Crippen molar-refractivity contribution in [3.05, 3.63) is 72.4 Å². The summed E-state index contributed by atoms with van der Waals surface area (Å²) in [6.07, 6.45) is 5.57. The topological polar surface area (TPSA) is 87.5 Å². The second-order valence-electron chi connectivity index (χ2n) is 8.60. The number of piperidine rings is 1. The Labute approximate surface area is 191 Å². The second kappa shape index (κ2) is 7.87. The summed E-state index contributed by atoms with van der Waals surface area (Å²) in [4.78, 5) is 18.7. The van der Waals surface area contributed by atoms with Gasteiger partial charge in [0.15, 0.2) is 5.82 Å². The minimum absolute atomic E-state index is 0.283. The highest BCUT2D eigenvalue weighted by molar-refractivity contribution is 7.92. The lowest BCUT2D eigenvalue weighted by Crippen LogP contribution is -2.48. The number of fused-ring (bicyclic) bond motifs is 2. The van der Waals surface area contributed by atoms with Crippen LogP contribution in [0.4, 0.5) is 20.7 Å². The molecule has 3 aromatic rings. The van der Waals surface area contributed by atoms with Crippen molar-refractivity contribution in [1.82, 2.24) is 14.5 Å². The van der Waals surface area contributed by atoms with Crippen molar-refractivity contribution in [2.75, 3.05) is 35.5 Å². The first-order valence-corrected chi connectivity index (χ1v) is 12.5. The molecule has 0 bridgehead atoms. The number of halogens is 1. The van der Waals surface area contributed by atoms with Gasteiger partial charge in [0, 0.05) is 25.0 Å². The zero-order valence-corrected chi connectivity index (χ0v) is 18.9. The van der Waals surface area contributed by atoms with Crippen molar-refractivity contribution in [2.24, 2.45) is 0 Å². The van der Waals surface area contributed by atoms with Gasteiger partial charge in [-0.3, -0.25) is 9.62 Å². The first kappa shape index (κ1) is 21.4. The van der Waals surface area contributed by atoms with Crippen molar-refractivity contribution in [2.45, 2.75) is 18.3 Å². The number of amides is 2. The standard InChI is InChI=1S/C23H24FN5O3S/c1-33(31,32)29-15-23(17-6-2-4-8-19(17)29)10-12-27(13-11-23)22(30)26-21-14-28(16-25-21)20-9-5-3-7-18(20)24/h2-9,14,16H,10-13,15H2,1H3,(H,26,30). The van der Waals surface area contributed by atoms with E-state index in [2.05, 4.69) is 10.3 Å². The van der Waals surface area contributed by atoms with E-state index in [4.69, 9.17) is 0 Å². The van der Waals surface area contributed by atoms with Crippen LogP contribution in [0.15, 0.2) is 61.1 Å². The number of anilines is 2. The van der Waals surface area contributed by atoms with Crippen LogP contribution in [0.1, 0.15) is 18.4 Å². The van der Waals surface area contributed by atoms with Crippen LogP contribution in [-0.4, -0.2) is 54.8 Å². The molecule has 33 heavy (non-hydrogen) atoms. The molecule has 1 N–H and O–H groups in total. The summed E-state index contributed by atoms with van der Waals surface area (Å²) in [6.45, 7) is 1.38. The summed E-state index contributed by atoms with van der Waals surface area (Å²) in [5, 5.41) is 2.78. The third kappa shape index (κ3) is 3.84. The summed E-state index contributed by atoms with van der Waals surface area (Å²) in [6, 6.07) is 13.7. The number of carbonyl (C=O) groups is 1. The van der Waals surface area contributed by atoms with Crippen molar-refractivity contribution in [3.8, 4) is 5.69 Å². The van der Waals surface area contributed by atoms with Gasteiger partial charge in [0.25, 0.3) is 0 Å². The van der Waals surface area contributed by atoms with Gasteiger partial charge in [-0.15, -0.1) is 0 Å². The Bertz CT molecular complexity index is 1310. The maximum atomic E-state index is 14.0. The number of para-hydroxylation sites is 2. The monoisotopic (exact) mass is 469 g/mol. The molecule has 2 aromatic carbocycles. The number of imidazole rings is 1. The van der Waals surface area contributed by atoms with Crippen LogP contribution >= 0.6 is 0 Å². The number of sulfonamides is 1. The molecule has 1 aromatic heterocycles. The Kier molecular flexibility index (Phi) is 5.12. The van der Waals surface area contributed by atoms with Crippen LogP contribution in [0.5, 0.6) is 0 Å². The molecule has 1 fully saturated rings. The summed E-state index contributed by atoms with van der Waals surface area (Å²) >= 11 is 0. The summed E-state index contributed by atoms with van der Waals surface area (Å²) < 4.78 is 41.7. The molecule has 1 spiro atoms. The maximum absolute atomic E-state index is 14.0. The molecular formula is C23H24FN5O3S. The number of aromatic nitrogens is 2. The van der Waals surface area contributed by atoms with Gasteiger partial charge in [-0.05, 0) is 36.6 Å². The highest BCUT2D eigenvalue weighted by Gasteiger charge is 2.47. The number of hydrogen-bond donors (Lipinski definition) is 1. The summed E-state index contributed by atoms with van der Waals surface area (Å²) in [5.41, 5.74) is 1.81. The molecule has 8 nitrogen and oxygen atoms in total. The minimum atomic E-state index is -3.38. The average Bonchev–Trinajstić information content (AvgIpc) is 3.38. The SMILES string of the molecule is CS(=O)(=O)N1CC2(CCN(C(=O)Nc3cn(-c4ccccc4F)cn3)CC2)c2ccccc21. The Morgan fingerprint density at radius 2 is 1.73 bits per heavy atom. The van der Waals surface area contributed by atoms with Crippen molar-refractivity contribution in [3.63, 3.8) is 0 Å². The average molecular weight is 470 g/mol. The van der Waals surface area contributed by atoms with Crippen LogP contribution in [-0.2, 0) is 15.4 Å². The molecule has 0 radical (unpaired) electrons. The van der Waals surface area contributed by atoms with Crippen molar-refractivity contribution in [1.29, 1.82) is 0 Å². The Hall–Kier alpha value is -3.40. The van der Waals surface area contributed by atoms with Crippen LogP contribution in [0.25, 0.3) is 5.69 Å². The highest BCUT2D eigenvalue weighted by atomic mass is 32.2. The lowest BCUT2D eigenvalue weighted by molar-refractivity contribution is 0.173. The van der Waals surface area contributed by atoms with Gasteiger partial charge in [-0.25, -0.2) is 22.6 Å². The van der Waals surface area contributed by atoms with Crippen LogP contribution < -0.4 is 9.62 Å². The maximum Gasteiger partial charge on any atom is 0.323 e. The predicted octanol–water partition coefficient (Wildman–Crippen LogP) is 3.36.